The first kappa shape index (κ1) is 15.4. The number of rotatable bonds is 5. The highest BCUT2D eigenvalue weighted by atomic mass is 16.5. The maximum Gasteiger partial charge on any atom is 0.339 e. The lowest BCUT2D eigenvalue weighted by atomic mass is 10.2. The van der Waals surface area contributed by atoms with E-state index in [4.69, 9.17) is 9.84 Å². The van der Waals surface area contributed by atoms with Crippen molar-refractivity contribution in [2.75, 3.05) is 11.9 Å². The van der Waals surface area contributed by atoms with Gasteiger partial charge in [0.25, 0.3) is 5.91 Å². The first-order chi connectivity index (χ1) is 10.5. The van der Waals surface area contributed by atoms with Gasteiger partial charge in [-0.25, -0.2) is 4.79 Å². The van der Waals surface area contributed by atoms with Gasteiger partial charge < -0.3 is 20.3 Å². The largest absolute Gasteiger partial charge is 0.507 e. The number of aromatic carboxylic acids is 1. The van der Waals surface area contributed by atoms with Gasteiger partial charge in [-0.1, -0.05) is 18.2 Å². The van der Waals surface area contributed by atoms with Crippen molar-refractivity contribution in [1.29, 1.82) is 0 Å². The van der Waals surface area contributed by atoms with Gasteiger partial charge in [-0.3, -0.25) is 4.79 Å². The minimum absolute atomic E-state index is 0.188. The van der Waals surface area contributed by atoms with Crippen LogP contribution >= 0.6 is 0 Å². The zero-order valence-electron chi connectivity index (χ0n) is 11.9. The van der Waals surface area contributed by atoms with E-state index in [1.165, 1.54) is 18.2 Å². The highest BCUT2D eigenvalue weighted by Crippen LogP contribution is 2.22. The van der Waals surface area contributed by atoms with Crippen molar-refractivity contribution in [1.82, 2.24) is 0 Å². The normalized spacial score (nSPS) is 10.0. The van der Waals surface area contributed by atoms with Crippen molar-refractivity contribution in [3.8, 4) is 11.5 Å². The van der Waals surface area contributed by atoms with Crippen LogP contribution in [-0.2, 0) is 4.79 Å². The molecule has 3 N–H and O–H groups in total. The molecule has 0 aromatic heterocycles. The van der Waals surface area contributed by atoms with E-state index in [2.05, 4.69) is 5.32 Å². The number of carbonyl (C=O) groups is 2. The van der Waals surface area contributed by atoms with E-state index in [9.17, 15) is 14.7 Å². The first-order valence-electron chi connectivity index (χ1n) is 6.52. The van der Waals surface area contributed by atoms with Crippen LogP contribution in [0.1, 0.15) is 15.9 Å². The fourth-order valence-electron chi connectivity index (χ4n) is 1.85. The predicted molar refractivity (Wildman–Crippen MR) is 80.4 cm³/mol. The summed E-state index contributed by atoms with van der Waals surface area (Å²) in [6.45, 7) is 1.68. The molecule has 0 fully saturated rings. The van der Waals surface area contributed by atoms with Crippen molar-refractivity contribution >= 4 is 17.6 Å². The second-order valence-corrected chi connectivity index (χ2v) is 4.64. The van der Waals surface area contributed by atoms with Crippen LogP contribution in [0.15, 0.2) is 42.5 Å². The molecule has 114 valence electrons. The van der Waals surface area contributed by atoms with Crippen LogP contribution in [0.4, 0.5) is 5.69 Å². The number of ether oxygens (including phenoxy) is 1. The van der Waals surface area contributed by atoms with Crippen molar-refractivity contribution in [2.45, 2.75) is 6.92 Å². The van der Waals surface area contributed by atoms with Gasteiger partial charge in [0.05, 0.1) is 0 Å². The third-order valence-electron chi connectivity index (χ3n) is 2.96. The second kappa shape index (κ2) is 6.62. The summed E-state index contributed by atoms with van der Waals surface area (Å²) in [6, 6.07) is 11.1. The average Bonchev–Trinajstić information content (AvgIpc) is 2.46. The molecule has 22 heavy (non-hydrogen) atoms. The Labute approximate surface area is 127 Å². The number of carbonyl (C=O) groups excluding carboxylic acids is 1. The smallest absolute Gasteiger partial charge is 0.339 e. The maximum atomic E-state index is 11.8. The highest BCUT2D eigenvalue weighted by Gasteiger charge is 2.11. The minimum atomic E-state index is -1.24. The highest BCUT2D eigenvalue weighted by molar-refractivity contribution is 5.95. The van der Waals surface area contributed by atoms with Gasteiger partial charge in [0.15, 0.2) is 6.61 Å². The van der Waals surface area contributed by atoms with E-state index < -0.39 is 17.6 Å². The number of hydrogen-bond donors (Lipinski definition) is 3. The molecule has 0 saturated carbocycles. The van der Waals surface area contributed by atoms with E-state index in [-0.39, 0.29) is 12.2 Å². The first-order valence-corrected chi connectivity index (χ1v) is 6.52. The van der Waals surface area contributed by atoms with Gasteiger partial charge in [0.2, 0.25) is 0 Å². The van der Waals surface area contributed by atoms with Crippen molar-refractivity contribution in [2.24, 2.45) is 0 Å². The number of para-hydroxylation sites is 1. The molecule has 0 saturated heterocycles. The molecule has 2 rings (SSSR count). The van der Waals surface area contributed by atoms with Gasteiger partial charge in [-0.05, 0) is 30.7 Å². The quantitative estimate of drug-likeness (QED) is 0.788. The Morgan fingerprint density at radius 1 is 1.18 bits per heavy atom. The molecule has 0 unspecified atom stereocenters. The molecule has 0 aliphatic heterocycles. The summed E-state index contributed by atoms with van der Waals surface area (Å²) < 4.78 is 5.39. The topological polar surface area (TPSA) is 95.9 Å². The molecule has 0 radical (unpaired) electrons. The lowest BCUT2D eigenvalue weighted by Gasteiger charge is -2.10. The number of hydrogen-bond acceptors (Lipinski definition) is 4. The van der Waals surface area contributed by atoms with Crippen LogP contribution in [0.5, 0.6) is 11.5 Å². The molecule has 0 spiro atoms. The number of nitrogens with one attached hydrogen (secondary N) is 1. The molecule has 6 nitrogen and oxygen atoms in total. The zero-order chi connectivity index (χ0) is 16.1. The monoisotopic (exact) mass is 301 g/mol. The summed E-state index contributed by atoms with van der Waals surface area (Å²) in [4.78, 5) is 22.6. The number of benzene rings is 2. The number of carboxylic acids is 1. The predicted octanol–water partition coefficient (Wildman–Crippen LogP) is 2.42. The third-order valence-corrected chi connectivity index (χ3v) is 2.96. The third kappa shape index (κ3) is 3.76. The molecule has 0 bridgehead atoms. The molecular formula is C16H15NO5. The molecule has 1 amide bonds. The average molecular weight is 301 g/mol. The number of carboxylic acid groups (broad SMARTS) is 1. The van der Waals surface area contributed by atoms with Crippen molar-refractivity contribution < 1.29 is 24.5 Å². The SMILES string of the molecule is Cc1ccccc1OCC(=O)Nc1ccc(C(=O)O)c(O)c1. The molecular weight excluding hydrogens is 286 g/mol. The standard InChI is InChI=1S/C16H15NO5/c1-10-4-2-3-5-14(10)22-9-15(19)17-11-6-7-12(16(20)21)13(18)8-11/h2-8,18H,9H2,1H3,(H,17,19)(H,20,21). The van der Waals surface area contributed by atoms with Crippen LogP contribution in [0.3, 0.4) is 0 Å². The molecule has 0 aliphatic rings. The van der Waals surface area contributed by atoms with Crippen LogP contribution in [0.25, 0.3) is 0 Å². The van der Waals surface area contributed by atoms with E-state index in [1.54, 1.807) is 6.07 Å². The molecule has 0 atom stereocenters. The van der Waals surface area contributed by atoms with Crippen LogP contribution in [-0.4, -0.2) is 28.7 Å². The van der Waals surface area contributed by atoms with E-state index in [1.807, 2.05) is 25.1 Å². The summed E-state index contributed by atoms with van der Waals surface area (Å²) in [5, 5.41) is 20.9. The molecule has 0 aliphatic carbocycles. The van der Waals surface area contributed by atoms with E-state index >= 15 is 0 Å². The van der Waals surface area contributed by atoms with E-state index in [0.29, 0.717) is 11.4 Å². The Balaban J connectivity index is 1.96. The van der Waals surface area contributed by atoms with Crippen LogP contribution < -0.4 is 10.1 Å². The number of anilines is 1. The Kier molecular flexibility index (Phi) is 4.63. The summed E-state index contributed by atoms with van der Waals surface area (Å²) in [6.07, 6.45) is 0. The number of phenols is 1. The number of aromatic hydroxyl groups is 1. The summed E-state index contributed by atoms with van der Waals surface area (Å²) in [7, 11) is 0. The Bertz CT molecular complexity index is 711. The lowest BCUT2D eigenvalue weighted by Crippen LogP contribution is -2.20. The summed E-state index contributed by atoms with van der Waals surface area (Å²) in [5.74, 6) is -1.45. The van der Waals surface area contributed by atoms with Gasteiger partial charge in [0.1, 0.15) is 17.1 Å². The Hall–Kier alpha value is -3.02. The second-order valence-electron chi connectivity index (χ2n) is 4.64. The van der Waals surface area contributed by atoms with Gasteiger partial charge in [-0.2, -0.15) is 0 Å². The van der Waals surface area contributed by atoms with Gasteiger partial charge in [0, 0.05) is 11.8 Å². The molecule has 2 aromatic carbocycles. The molecule has 6 heteroatoms. The Morgan fingerprint density at radius 2 is 1.91 bits per heavy atom. The molecule has 0 heterocycles. The van der Waals surface area contributed by atoms with E-state index in [0.717, 1.165) is 5.56 Å². The van der Waals surface area contributed by atoms with Crippen molar-refractivity contribution in [3.63, 3.8) is 0 Å². The summed E-state index contributed by atoms with van der Waals surface area (Å²) >= 11 is 0. The zero-order valence-corrected chi connectivity index (χ0v) is 11.9. The summed E-state index contributed by atoms with van der Waals surface area (Å²) in [5.41, 5.74) is 0.980. The fraction of sp³-hybridized carbons (Fsp3) is 0.125. The number of aryl methyl sites for hydroxylation is 1. The number of amides is 1. The van der Waals surface area contributed by atoms with Crippen LogP contribution in [0.2, 0.25) is 0 Å². The van der Waals surface area contributed by atoms with Crippen LogP contribution in [0, 0.1) is 6.92 Å². The van der Waals surface area contributed by atoms with Gasteiger partial charge in [-0.15, -0.1) is 0 Å². The minimum Gasteiger partial charge on any atom is -0.507 e. The maximum absolute atomic E-state index is 11.8. The fourth-order valence-corrected chi connectivity index (χ4v) is 1.85. The Morgan fingerprint density at radius 3 is 2.55 bits per heavy atom. The van der Waals surface area contributed by atoms with Crippen molar-refractivity contribution in [3.05, 3.63) is 53.6 Å². The molecule has 2 aromatic rings. The lowest BCUT2D eigenvalue weighted by molar-refractivity contribution is -0.118. The van der Waals surface area contributed by atoms with Gasteiger partial charge >= 0.3 is 5.97 Å².